The highest BCUT2D eigenvalue weighted by molar-refractivity contribution is 7.21. The molecule has 4 saturated heterocycles. The number of hydrogen-bond donors (Lipinski definition) is 7. The summed E-state index contributed by atoms with van der Waals surface area (Å²) < 4.78 is 19.4. The molecule has 0 radical (unpaired) electrons. The van der Waals surface area contributed by atoms with Crippen molar-refractivity contribution < 1.29 is 23.8 Å². The van der Waals surface area contributed by atoms with Gasteiger partial charge in [0.15, 0.2) is 11.6 Å². The second kappa shape index (κ2) is 38.9. The summed E-state index contributed by atoms with van der Waals surface area (Å²) in [6.07, 6.45) is -0.460. The van der Waals surface area contributed by atoms with Crippen molar-refractivity contribution in [2.45, 2.75) is 99.8 Å². The van der Waals surface area contributed by atoms with Crippen LogP contribution in [-0.4, -0.2) is 200 Å². The van der Waals surface area contributed by atoms with Gasteiger partial charge in [0.05, 0.1) is 38.3 Å². The van der Waals surface area contributed by atoms with Crippen molar-refractivity contribution in [1.82, 2.24) is 75.3 Å². The molecule has 105 heavy (non-hydrogen) atoms. The number of amides is 2. The first kappa shape index (κ1) is 85.6. The number of fused-ring (bicyclic) bond motifs is 2. The number of methoxy groups -OCH3 is 1. The van der Waals surface area contributed by atoms with Crippen LogP contribution in [-0.2, 0) is 9.47 Å². The van der Waals surface area contributed by atoms with E-state index in [1.807, 2.05) is 91.1 Å². The number of rotatable bonds is 7. The Balaban J connectivity index is 0.000000181. The van der Waals surface area contributed by atoms with Gasteiger partial charge in [0.2, 0.25) is 40.0 Å². The van der Waals surface area contributed by atoms with Crippen molar-refractivity contribution in [3.05, 3.63) is 89.2 Å². The van der Waals surface area contributed by atoms with Crippen molar-refractivity contribution in [2.75, 3.05) is 149 Å². The van der Waals surface area contributed by atoms with Gasteiger partial charge >= 0.3 is 12.2 Å². The third-order valence-electron chi connectivity index (χ3n) is 14.4. The molecule has 9 aromatic rings. The minimum absolute atomic E-state index is 0.153. The van der Waals surface area contributed by atoms with Crippen LogP contribution in [0, 0.1) is 16.7 Å². The maximum atomic E-state index is 11.9. The van der Waals surface area contributed by atoms with Gasteiger partial charge in [-0.05, 0) is 119 Å². The molecule has 0 saturated carbocycles. The average Bonchev–Trinajstić information content (AvgIpc) is 1.60. The lowest BCUT2D eigenvalue weighted by atomic mass is 10.0. The number of nitrogens with zero attached hydrogens (tertiary/aromatic N) is 16. The van der Waals surface area contributed by atoms with E-state index in [4.69, 9.17) is 128 Å². The fourth-order valence-electron chi connectivity index (χ4n) is 9.48. The summed E-state index contributed by atoms with van der Waals surface area (Å²) >= 11 is 47.5. The molecule has 28 nitrogen and oxygen atoms in total. The number of carbonyl (C=O) groups excluding carboxylic acids is 2. The Morgan fingerprint density at radius 1 is 0.514 bits per heavy atom. The van der Waals surface area contributed by atoms with Crippen molar-refractivity contribution >= 4 is 186 Å². The number of nitrogens with two attached hydrogens (primary N) is 3. The minimum atomic E-state index is -0.456. The van der Waals surface area contributed by atoms with Gasteiger partial charge in [-0.2, -0.15) is 14.3 Å². The zero-order chi connectivity index (χ0) is 77.1. The van der Waals surface area contributed by atoms with Gasteiger partial charge in [0.25, 0.3) is 0 Å². The molecule has 3 aromatic carbocycles. The van der Waals surface area contributed by atoms with Crippen LogP contribution < -0.4 is 57.9 Å². The Labute approximate surface area is 663 Å². The number of nitrogen functional groups attached to an aromatic ring is 3. The fourth-order valence-corrected chi connectivity index (χ4v) is 13.8. The molecule has 10 heterocycles. The lowest BCUT2D eigenvalue weighted by Crippen LogP contribution is -2.50. The fraction of sp³-hybridized carbons (Fsp3) is 0.500. The molecule has 4 aliphatic heterocycles. The van der Waals surface area contributed by atoms with Crippen molar-refractivity contribution in [1.29, 1.82) is 5.26 Å². The number of hydrogen-bond acceptors (Lipinski definition) is 28. The standard InChI is InChI=1S/C18H22Cl2N6S.C14H14Cl2N6S.C11H19N5O2S.C9H18N2O2.C7H6Cl2O.C5H9N.C2H2ClN3S/c1-18(2,3)23-15-14(11-5-4-6-12(19)13(11)20)22-16-26(15)24-17(27-16)25-9-7-21-8-10-25;15-9-3-1-2-8(10(9)16)11-12(17)22-13(19-11)23-14(20-22)21-6-4-18-5-7-21;1-11(2,3)18-10(17)16-6-4-15(5-7-16)9-14-13-8(12)19-9;1-9(2,3)13-8(12)11-6-4-10-5-7-11;1-10-6-4-2-3-5(8)7(6)9;1-5(2,3)4-6;3-1-5-6-2(4)7-1/h4-6,21,23H,7-10H2,1-3H3;1-3,18H,4-7,17H2;4-7H2,1-3H3,(H2,12,13);10H,4-7H2,1-3H3;2-4H,1H3;1-3H3;(H2,4,6). The van der Waals surface area contributed by atoms with E-state index in [0.29, 0.717) is 88.3 Å². The van der Waals surface area contributed by atoms with E-state index in [-0.39, 0.29) is 28.7 Å². The van der Waals surface area contributed by atoms with Crippen molar-refractivity contribution in [2.24, 2.45) is 5.41 Å². The summed E-state index contributed by atoms with van der Waals surface area (Å²) in [5, 5.41) is 52.2. The first-order chi connectivity index (χ1) is 49.4. The van der Waals surface area contributed by atoms with Crippen LogP contribution in [0.2, 0.25) is 34.6 Å². The number of anilines is 7. The van der Waals surface area contributed by atoms with Crippen LogP contribution in [0.1, 0.15) is 83.1 Å². The molecule has 4 aliphatic rings. The number of benzene rings is 3. The normalized spacial score (nSPS) is 14.8. The summed E-state index contributed by atoms with van der Waals surface area (Å²) in [5.41, 5.74) is 18.7. The molecule has 6 aromatic heterocycles. The molecule has 13 rings (SSSR count). The van der Waals surface area contributed by atoms with E-state index in [9.17, 15) is 9.59 Å². The topological polar surface area (TPSA) is 340 Å². The molecule has 0 aliphatic carbocycles. The highest BCUT2D eigenvalue weighted by Crippen LogP contribution is 2.41. The SMILES string of the molecule is CC(C)(C)C#N.CC(C)(C)Nc1c(-c2cccc(Cl)c2Cl)nc2sc(N3CCNCC3)nn12.CC(C)(C)OC(=O)N1CCN(c2nnc(N)s2)CC1.CC(C)(C)OC(=O)N1CCNCC1.COc1cccc(Cl)c1Cl.Nc1c(-c2cccc(Cl)c2Cl)nc2sc(N3CCNCC3)nn12.Nc1nnc(Cl)s1. The Hall–Kier alpha value is -6.68. The number of nitriles is 1. The number of aromatic nitrogens is 10. The number of halogens is 7. The van der Waals surface area contributed by atoms with Gasteiger partial charge in [0, 0.05) is 127 Å². The summed E-state index contributed by atoms with van der Waals surface area (Å²) in [7, 11) is 1.55. The predicted molar refractivity (Wildman–Crippen MR) is 433 cm³/mol. The Morgan fingerprint density at radius 3 is 1.32 bits per heavy atom. The summed E-state index contributed by atoms with van der Waals surface area (Å²) in [5.74, 6) is 1.91. The molecule has 0 atom stereocenters. The summed E-state index contributed by atoms with van der Waals surface area (Å²) in [4.78, 5) is 44.5. The number of imidazole rings is 2. The molecule has 572 valence electrons. The second-order valence-corrected chi connectivity index (χ2v) is 34.3. The van der Waals surface area contributed by atoms with E-state index < -0.39 is 5.60 Å². The van der Waals surface area contributed by atoms with Crippen molar-refractivity contribution in [3.8, 4) is 34.3 Å². The zero-order valence-corrected chi connectivity index (χ0v) is 69.3. The molecular weight excluding hydrogens is 1570 g/mol. The smallest absolute Gasteiger partial charge is 0.410 e. The molecule has 0 unspecified atom stereocenters. The van der Waals surface area contributed by atoms with Crippen molar-refractivity contribution in [3.63, 3.8) is 0 Å². The molecule has 2 amide bonds. The number of carbonyl (C=O) groups is 2. The summed E-state index contributed by atoms with van der Waals surface area (Å²) in [6.45, 7) is 36.7. The van der Waals surface area contributed by atoms with Gasteiger partial charge in [-0.25, -0.2) is 19.6 Å². The minimum Gasteiger partial charge on any atom is -0.495 e. The number of ether oxygens (including phenoxy) is 3. The average molecular weight is 1660 g/mol. The van der Waals surface area contributed by atoms with Crippen LogP contribution >= 0.6 is 127 Å². The van der Waals surface area contributed by atoms with E-state index in [2.05, 4.69) is 93.3 Å². The molecule has 0 spiro atoms. The lowest BCUT2D eigenvalue weighted by molar-refractivity contribution is 0.0223. The van der Waals surface area contributed by atoms with Crippen LogP contribution in [0.3, 0.4) is 0 Å². The maximum Gasteiger partial charge on any atom is 0.410 e. The lowest BCUT2D eigenvalue weighted by Gasteiger charge is -2.35. The van der Waals surface area contributed by atoms with E-state index in [1.54, 1.807) is 63.1 Å². The molecule has 4 fully saturated rings. The Bertz CT molecular complexity index is 4300. The molecule has 39 heteroatoms. The predicted octanol–water partition coefficient (Wildman–Crippen LogP) is 14.5. The van der Waals surface area contributed by atoms with Gasteiger partial charge in [0.1, 0.15) is 33.4 Å². The monoisotopic (exact) mass is 1660 g/mol. The van der Waals surface area contributed by atoms with Gasteiger partial charge in [-0.1, -0.05) is 145 Å². The number of piperazine rings is 4. The van der Waals surface area contributed by atoms with Crippen LogP contribution in [0.5, 0.6) is 5.75 Å². The number of nitrogens with one attached hydrogen (secondary N) is 4. The second-order valence-electron chi connectivity index (χ2n) is 27.5. The summed E-state index contributed by atoms with van der Waals surface area (Å²) in [6, 6.07) is 18.4. The largest absolute Gasteiger partial charge is 0.495 e. The highest BCUT2D eigenvalue weighted by Gasteiger charge is 2.30. The molecule has 0 bridgehead atoms. The molecule has 10 N–H and O–H groups in total. The van der Waals surface area contributed by atoms with Gasteiger partial charge in [-0.15, -0.1) is 30.6 Å². The maximum absolute atomic E-state index is 11.9. The van der Waals surface area contributed by atoms with Crippen LogP contribution in [0.4, 0.5) is 46.9 Å². The Morgan fingerprint density at radius 2 is 0.924 bits per heavy atom. The molecular formula is C66H90Cl7N23O5S4. The van der Waals surface area contributed by atoms with E-state index in [1.165, 1.54) is 22.7 Å². The third-order valence-corrected chi connectivity index (χ3v) is 20.4. The quantitative estimate of drug-likeness (QED) is 0.0779. The first-order valence-electron chi connectivity index (χ1n) is 33.2. The van der Waals surface area contributed by atoms with E-state index >= 15 is 0 Å². The van der Waals surface area contributed by atoms with E-state index in [0.717, 1.165) is 138 Å². The highest BCUT2D eigenvalue weighted by atomic mass is 35.5. The van der Waals surface area contributed by atoms with Crippen LogP contribution in [0.25, 0.3) is 32.4 Å². The van der Waals surface area contributed by atoms with Gasteiger partial charge in [-0.3, -0.25) is 0 Å². The van der Waals surface area contributed by atoms with Gasteiger partial charge < -0.3 is 77.2 Å². The Kier molecular flexibility index (Phi) is 31.7. The first-order valence-corrected chi connectivity index (χ1v) is 39.1. The van der Waals surface area contributed by atoms with Crippen LogP contribution in [0.15, 0.2) is 54.6 Å². The zero-order valence-electron chi connectivity index (χ0n) is 60.7. The third kappa shape index (κ3) is 26.3.